The number of rotatable bonds is 5. The molecule has 0 aliphatic heterocycles. The monoisotopic (exact) mass is 400 g/mol. The maximum atomic E-state index is 6.99. The van der Waals surface area contributed by atoms with E-state index in [1.165, 1.54) is 10.4 Å². The van der Waals surface area contributed by atoms with Gasteiger partial charge >= 0.3 is 0 Å². The maximum Gasteiger partial charge on any atom is 0.261 e. The number of pyridine rings is 1. The highest BCUT2D eigenvalue weighted by molar-refractivity contribution is 6.99. The summed E-state index contributed by atoms with van der Waals surface area (Å²) in [5.41, 5.74) is 4.27. The van der Waals surface area contributed by atoms with Crippen LogP contribution in [0.3, 0.4) is 0 Å². The lowest BCUT2D eigenvalue weighted by Crippen LogP contribution is -2.66. The number of H-pyrrole nitrogens is 1. The van der Waals surface area contributed by atoms with E-state index in [4.69, 9.17) is 4.43 Å². The number of aromatic amines is 1. The Morgan fingerprint density at radius 1 is 0.897 bits per heavy atom. The summed E-state index contributed by atoms with van der Waals surface area (Å²) < 4.78 is 6.99. The highest BCUT2D eigenvalue weighted by Crippen LogP contribution is 2.37. The lowest BCUT2D eigenvalue weighted by Gasteiger charge is -2.43. The molecule has 29 heavy (non-hydrogen) atoms. The second-order valence-corrected chi connectivity index (χ2v) is 13.0. The molecule has 3 nitrogen and oxygen atoms in total. The van der Waals surface area contributed by atoms with Gasteiger partial charge in [0.2, 0.25) is 0 Å². The van der Waals surface area contributed by atoms with Gasteiger partial charge in [0, 0.05) is 11.9 Å². The standard InChI is InChI=1S/C25H28N2OSi/c1-19-15-23-24(27-19)16-20(17-26-23)18-28-29(25(2,3)4,21-11-7-5-8-12-21)22-13-9-6-10-14-22/h5-17,27H,18H2,1-4H3. The van der Waals surface area contributed by atoms with E-state index in [-0.39, 0.29) is 5.04 Å². The minimum absolute atomic E-state index is 0.0315. The summed E-state index contributed by atoms with van der Waals surface area (Å²) in [5.74, 6) is 0. The molecule has 0 atom stereocenters. The van der Waals surface area contributed by atoms with Gasteiger partial charge in [0.1, 0.15) is 0 Å². The predicted octanol–water partition coefficient (Wildman–Crippen LogP) is 4.95. The summed E-state index contributed by atoms with van der Waals surface area (Å²) in [5, 5.41) is 2.56. The molecule has 0 bridgehead atoms. The van der Waals surface area contributed by atoms with Crippen LogP contribution in [0.2, 0.25) is 5.04 Å². The molecule has 0 fully saturated rings. The Bertz CT molecular complexity index is 1060. The van der Waals surface area contributed by atoms with Crippen molar-refractivity contribution in [2.45, 2.75) is 39.3 Å². The van der Waals surface area contributed by atoms with Crippen molar-refractivity contribution in [3.63, 3.8) is 0 Å². The molecule has 0 aliphatic carbocycles. The van der Waals surface area contributed by atoms with E-state index in [1.807, 2.05) is 6.20 Å². The second-order valence-electron chi connectivity index (χ2n) is 8.68. The SMILES string of the molecule is Cc1cc2ncc(CO[Si](c3ccccc3)(c3ccccc3)C(C)(C)C)cc2[nH]1. The van der Waals surface area contributed by atoms with E-state index in [2.05, 4.69) is 110 Å². The zero-order valence-electron chi connectivity index (χ0n) is 17.6. The van der Waals surface area contributed by atoms with E-state index in [0.29, 0.717) is 6.61 Å². The van der Waals surface area contributed by atoms with Gasteiger partial charge in [-0.25, -0.2) is 0 Å². The summed E-state index contributed by atoms with van der Waals surface area (Å²) in [6, 6.07) is 25.7. The van der Waals surface area contributed by atoms with Gasteiger partial charge in [-0.05, 0) is 40.0 Å². The van der Waals surface area contributed by atoms with Crippen LogP contribution in [-0.4, -0.2) is 18.3 Å². The van der Waals surface area contributed by atoms with E-state index in [0.717, 1.165) is 22.3 Å². The first-order chi connectivity index (χ1) is 13.9. The average Bonchev–Trinajstić information content (AvgIpc) is 3.08. The molecule has 0 radical (unpaired) electrons. The maximum absolute atomic E-state index is 6.99. The summed E-state index contributed by atoms with van der Waals surface area (Å²) >= 11 is 0. The Morgan fingerprint density at radius 2 is 1.48 bits per heavy atom. The summed E-state index contributed by atoms with van der Waals surface area (Å²) in [7, 11) is -2.53. The molecule has 0 spiro atoms. The molecular weight excluding hydrogens is 372 g/mol. The average molecular weight is 401 g/mol. The Morgan fingerprint density at radius 3 is 2.03 bits per heavy atom. The van der Waals surface area contributed by atoms with Crippen molar-refractivity contribution in [2.75, 3.05) is 0 Å². The van der Waals surface area contributed by atoms with Crippen molar-refractivity contribution >= 4 is 29.7 Å². The van der Waals surface area contributed by atoms with Crippen molar-refractivity contribution in [2.24, 2.45) is 0 Å². The summed E-state index contributed by atoms with van der Waals surface area (Å²) in [4.78, 5) is 8.00. The Balaban J connectivity index is 1.79. The van der Waals surface area contributed by atoms with Crippen LogP contribution < -0.4 is 10.4 Å². The van der Waals surface area contributed by atoms with Crippen molar-refractivity contribution < 1.29 is 4.43 Å². The van der Waals surface area contributed by atoms with Gasteiger partial charge in [-0.2, -0.15) is 0 Å². The number of aryl methyl sites for hydroxylation is 1. The number of benzene rings is 2. The lowest BCUT2D eigenvalue weighted by molar-refractivity contribution is 0.286. The van der Waals surface area contributed by atoms with Crippen LogP contribution in [0, 0.1) is 6.92 Å². The van der Waals surface area contributed by atoms with Gasteiger partial charge in [0.25, 0.3) is 8.32 Å². The van der Waals surface area contributed by atoms with Crippen molar-refractivity contribution in [3.05, 3.63) is 90.3 Å². The Labute approximate surface area is 173 Å². The molecule has 4 heteroatoms. The fourth-order valence-electron chi connectivity index (χ4n) is 4.22. The number of aromatic nitrogens is 2. The molecule has 0 saturated carbocycles. The molecule has 2 aromatic heterocycles. The molecular formula is C25H28N2OSi. The van der Waals surface area contributed by atoms with E-state index >= 15 is 0 Å². The zero-order valence-corrected chi connectivity index (χ0v) is 18.6. The third-order valence-electron chi connectivity index (χ3n) is 5.53. The molecule has 148 valence electrons. The third kappa shape index (κ3) is 3.66. The molecule has 0 aliphatic rings. The van der Waals surface area contributed by atoms with Crippen molar-refractivity contribution in [1.82, 2.24) is 9.97 Å². The highest BCUT2D eigenvalue weighted by Gasteiger charge is 2.50. The van der Waals surface area contributed by atoms with Crippen LogP contribution in [0.25, 0.3) is 11.0 Å². The first-order valence-electron chi connectivity index (χ1n) is 10.1. The fraction of sp³-hybridized carbons (Fsp3) is 0.240. The molecule has 1 N–H and O–H groups in total. The molecule has 0 saturated heterocycles. The third-order valence-corrected chi connectivity index (χ3v) is 10.5. The molecule has 0 unspecified atom stereocenters. The van der Waals surface area contributed by atoms with Gasteiger partial charge in [-0.15, -0.1) is 0 Å². The largest absolute Gasteiger partial charge is 0.403 e. The fourth-order valence-corrected chi connectivity index (χ4v) is 8.76. The van der Waals surface area contributed by atoms with Gasteiger partial charge in [0.15, 0.2) is 0 Å². The van der Waals surface area contributed by atoms with Crippen molar-refractivity contribution in [3.8, 4) is 0 Å². The van der Waals surface area contributed by atoms with Crippen LogP contribution in [0.5, 0.6) is 0 Å². The molecule has 4 rings (SSSR count). The van der Waals surface area contributed by atoms with Crippen molar-refractivity contribution in [1.29, 1.82) is 0 Å². The van der Waals surface area contributed by atoms with Crippen LogP contribution in [-0.2, 0) is 11.0 Å². The smallest absolute Gasteiger partial charge is 0.261 e. The van der Waals surface area contributed by atoms with Gasteiger partial charge in [-0.1, -0.05) is 81.4 Å². The van der Waals surface area contributed by atoms with Gasteiger partial charge in [0.05, 0.1) is 17.6 Å². The quantitative estimate of drug-likeness (QED) is 0.482. The molecule has 2 heterocycles. The molecule has 4 aromatic rings. The van der Waals surface area contributed by atoms with Crippen LogP contribution >= 0.6 is 0 Å². The van der Waals surface area contributed by atoms with Gasteiger partial charge < -0.3 is 9.41 Å². The number of hydrogen-bond donors (Lipinski definition) is 1. The number of nitrogens with zero attached hydrogens (tertiary/aromatic N) is 1. The van der Waals surface area contributed by atoms with E-state index in [1.54, 1.807) is 0 Å². The van der Waals surface area contributed by atoms with Crippen LogP contribution in [0.4, 0.5) is 0 Å². The minimum atomic E-state index is -2.53. The number of nitrogens with one attached hydrogen (secondary N) is 1. The molecule has 2 aromatic carbocycles. The topological polar surface area (TPSA) is 37.9 Å². The zero-order chi connectivity index (χ0) is 20.5. The first kappa shape index (κ1) is 19.6. The second kappa shape index (κ2) is 7.62. The summed E-state index contributed by atoms with van der Waals surface area (Å²) in [6.07, 6.45) is 1.94. The van der Waals surface area contributed by atoms with E-state index in [9.17, 15) is 0 Å². The normalized spacial score (nSPS) is 12.4. The minimum Gasteiger partial charge on any atom is -0.403 e. The Hall–Kier alpha value is -2.69. The number of hydrogen-bond acceptors (Lipinski definition) is 2. The predicted molar refractivity (Wildman–Crippen MR) is 123 cm³/mol. The molecule has 0 amide bonds. The van der Waals surface area contributed by atoms with Crippen LogP contribution in [0.1, 0.15) is 32.0 Å². The summed E-state index contributed by atoms with van der Waals surface area (Å²) in [6.45, 7) is 9.49. The van der Waals surface area contributed by atoms with Crippen LogP contribution in [0.15, 0.2) is 79.0 Å². The Kier molecular flexibility index (Phi) is 5.15. The first-order valence-corrected chi connectivity index (χ1v) is 12.0. The highest BCUT2D eigenvalue weighted by atomic mass is 28.4. The van der Waals surface area contributed by atoms with Gasteiger partial charge in [-0.3, -0.25) is 4.98 Å². The number of fused-ring (bicyclic) bond motifs is 1. The lowest BCUT2D eigenvalue weighted by atomic mass is 10.2. The van der Waals surface area contributed by atoms with E-state index < -0.39 is 8.32 Å².